The van der Waals surface area contributed by atoms with Crippen LogP contribution in [0.5, 0.6) is 5.75 Å². The van der Waals surface area contributed by atoms with Crippen molar-refractivity contribution in [1.29, 1.82) is 5.26 Å². The van der Waals surface area contributed by atoms with E-state index < -0.39 is 6.04 Å². The van der Waals surface area contributed by atoms with Crippen LogP contribution >= 0.6 is 0 Å². The number of hydrogen-bond donors (Lipinski definition) is 1. The van der Waals surface area contributed by atoms with Crippen LogP contribution in [0.1, 0.15) is 28.4 Å². The SMILES string of the molecule is C[C@H](NC(=O)c1cccc(OCc2ccccc2C#N)c1)C(=O)N(C)C. The molecule has 2 aromatic carbocycles. The second-order valence-electron chi connectivity index (χ2n) is 6.01. The molecule has 1 N–H and O–H groups in total. The molecule has 0 unspecified atom stereocenters. The van der Waals surface area contributed by atoms with Crippen molar-refractivity contribution < 1.29 is 14.3 Å². The van der Waals surface area contributed by atoms with Crippen molar-refractivity contribution >= 4 is 11.8 Å². The highest BCUT2D eigenvalue weighted by atomic mass is 16.5. The minimum atomic E-state index is -0.621. The van der Waals surface area contributed by atoms with Gasteiger partial charge >= 0.3 is 0 Å². The molecule has 6 heteroatoms. The molecule has 2 amide bonds. The van der Waals surface area contributed by atoms with E-state index in [0.717, 1.165) is 5.56 Å². The predicted octanol–water partition coefficient (Wildman–Crippen LogP) is 2.34. The van der Waals surface area contributed by atoms with Gasteiger partial charge in [0.15, 0.2) is 0 Å². The van der Waals surface area contributed by atoms with Crippen LogP contribution in [0.3, 0.4) is 0 Å². The Labute approximate surface area is 153 Å². The zero-order valence-electron chi connectivity index (χ0n) is 15.0. The second-order valence-corrected chi connectivity index (χ2v) is 6.01. The average molecular weight is 351 g/mol. The van der Waals surface area contributed by atoms with E-state index in [1.807, 2.05) is 12.1 Å². The fraction of sp³-hybridized carbons (Fsp3) is 0.250. The number of benzene rings is 2. The zero-order valence-corrected chi connectivity index (χ0v) is 15.0. The van der Waals surface area contributed by atoms with Crippen LogP contribution in [0.2, 0.25) is 0 Å². The van der Waals surface area contributed by atoms with E-state index in [1.165, 1.54) is 4.90 Å². The number of nitrogens with zero attached hydrogens (tertiary/aromatic N) is 2. The van der Waals surface area contributed by atoms with Crippen molar-refractivity contribution in [3.8, 4) is 11.8 Å². The molecule has 0 aliphatic heterocycles. The number of likely N-dealkylation sites (N-methyl/N-ethyl adjacent to an activating group) is 1. The summed E-state index contributed by atoms with van der Waals surface area (Å²) in [7, 11) is 3.27. The third kappa shape index (κ3) is 4.84. The van der Waals surface area contributed by atoms with E-state index in [0.29, 0.717) is 16.9 Å². The number of nitriles is 1. The summed E-state index contributed by atoms with van der Waals surface area (Å²) in [4.78, 5) is 25.6. The molecule has 2 aromatic rings. The van der Waals surface area contributed by atoms with Crippen LogP contribution < -0.4 is 10.1 Å². The van der Waals surface area contributed by atoms with E-state index in [9.17, 15) is 9.59 Å². The summed E-state index contributed by atoms with van der Waals surface area (Å²) in [6.07, 6.45) is 0. The number of hydrogen-bond acceptors (Lipinski definition) is 4. The van der Waals surface area contributed by atoms with Crippen molar-refractivity contribution in [3.63, 3.8) is 0 Å². The summed E-state index contributed by atoms with van der Waals surface area (Å²) in [5.74, 6) is -0.0218. The molecule has 6 nitrogen and oxygen atoms in total. The molecule has 2 rings (SSSR count). The Hall–Kier alpha value is -3.33. The highest BCUT2D eigenvalue weighted by Crippen LogP contribution is 2.17. The number of carbonyl (C=O) groups excluding carboxylic acids is 2. The number of nitrogens with one attached hydrogen (secondary N) is 1. The summed E-state index contributed by atoms with van der Waals surface area (Å²) in [6, 6.07) is 15.4. The molecule has 0 aliphatic carbocycles. The highest BCUT2D eigenvalue weighted by Gasteiger charge is 2.18. The van der Waals surface area contributed by atoms with Crippen LogP contribution in [-0.2, 0) is 11.4 Å². The topological polar surface area (TPSA) is 82.4 Å². The van der Waals surface area contributed by atoms with E-state index in [4.69, 9.17) is 10.00 Å². The van der Waals surface area contributed by atoms with Gasteiger partial charge in [-0.25, -0.2) is 0 Å². The van der Waals surface area contributed by atoms with Crippen molar-refractivity contribution in [2.75, 3.05) is 14.1 Å². The minimum Gasteiger partial charge on any atom is -0.489 e. The van der Waals surface area contributed by atoms with Gasteiger partial charge in [0, 0.05) is 25.2 Å². The third-order valence-electron chi connectivity index (χ3n) is 3.79. The van der Waals surface area contributed by atoms with Gasteiger partial charge in [-0.2, -0.15) is 5.26 Å². The standard InChI is InChI=1S/C20H21N3O3/c1-14(20(25)23(2)3)22-19(24)15-9-6-10-18(11-15)26-13-17-8-5-4-7-16(17)12-21/h4-11,14H,13H2,1-3H3,(H,22,24)/t14-/m0/s1. The lowest BCUT2D eigenvalue weighted by Crippen LogP contribution is -2.44. The van der Waals surface area contributed by atoms with Crippen molar-refractivity contribution in [2.45, 2.75) is 19.6 Å². The first-order chi connectivity index (χ1) is 12.4. The highest BCUT2D eigenvalue weighted by molar-refractivity contribution is 5.97. The molecule has 0 fully saturated rings. The number of rotatable bonds is 6. The maximum Gasteiger partial charge on any atom is 0.252 e. The van der Waals surface area contributed by atoms with Gasteiger partial charge in [0.05, 0.1) is 11.6 Å². The summed E-state index contributed by atoms with van der Waals surface area (Å²) in [5.41, 5.74) is 1.72. The molecule has 0 saturated heterocycles. The molecule has 0 bridgehead atoms. The van der Waals surface area contributed by atoms with E-state index in [-0.39, 0.29) is 18.4 Å². The Morgan fingerprint density at radius 3 is 2.62 bits per heavy atom. The smallest absolute Gasteiger partial charge is 0.252 e. The Bertz CT molecular complexity index is 840. The maximum absolute atomic E-state index is 12.3. The fourth-order valence-corrected chi connectivity index (χ4v) is 2.37. The molecule has 0 aliphatic rings. The quantitative estimate of drug-likeness (QED) is 0.866. The van der Waals surface area contributed by atoms with Crippen LogP contribution in [0, 0.1) is 11.3 Å². The van der Waals surface area contributed by atoms with Gasteiger partial charge in [-0.15, -0.1) is 0 Å². The molecular weight excluding hydrogens is 330 g/mol. The van der Waals surface area contributed by atoms with E-state index in [2.05, 4.69) is 11.4 Å². The minimum absolute atomic E-state index is 0.182. The van der Waals surface area contributed by atoms with Gasteiger partial charge in [0.1, 0.15) is 18.4 Å². The molecular formula is C20H21N3O3. The molecule has 1 atom stereocenters. The lowest BCUT2D eigenvalue weighted by Gasteiger charge is -2.18. The average Bonchev–Trinajstić information content (AvgIpc) is 2.65. The lowest BCUT2D eigenvalue weighted by molar-refractivity contribution is -0.130. The molecule has 0 radical (unpaired) electrons. The first kappa shape index (κ1) is 19.0. The number of ether oxygens (including phenoxy) is 1. The van der Waals surface area contributed by atoms with Gasteiger partial charge in [0.25, 0.3) is 5.91 Å². The monoisotopic (exact) mass is 351 g/mol. The van der Waals surface area contributed by atoms with Crippen LogP contribution in [-0.4, -0.2) is 36.9 Å². The zero-order chi connectivity index (χ0) is 19.1. The van der Waals surface area contributed by atoms with Crippen LogP contribution in [0.15, 0.2) is 48.5 Å². The fourth-order valence-electron chi connectivity index (χ4n) is 2.37. The first-order valence-corrected chi connectivity index (χ1v) is 8.15. The summed E-state index contributed by atoms with van der Waals surface area (Å²) in [6.45, 7) is 1.86. The van der Waals surface area contributed by atoms with E-state index in [1.54, 1.807) is 57.4 Å². The molecule has 0 aromatic heterocycles. The van der Waals surface area contributed by atoms with Gasteiger partial charge in [-0.3, -0.25) is 9.59 Å². The molecule has 134 valence electrons. The van der Waals surface area contributed by atoms with Crippen LogP contribution in [0.25, 0.3) is 0 Å². The molecule has 0 heterocycles. The number of amides is 2. The van der Waals surface area contributed by atoms with Gasteiger partial charge in [-0.05, 0) is 31.2 Å². The molecule has 26 heavy (non-hydrogen) atoms. The lowest BCUT2D eigenvalue weighted by atomic mass is 10.1. The van der Waals surface area contributed by atoms with Crippen LogP contribution in [0.4, 0.5) is 0 Å². The van der Waals surface area contributed by atoms with Crippen molar-refractivity contribution in [2.24, 2.45) is 0 Å². The normalized spacial score (nSPS) is 11.2. The molecule has 0 spiro atoms. The largest absolute Gasteiger partial charge is 0.489 e. The summed E-state index contributed by atoms with van der Waals surface area (Å²) < 4.78 is 5.71. The Balaban J connectivity index is 2.04. The third-order valence-corrected chi connectivity index (χ3v) is 3.79. The Morgan fingerprint density at radius 1 is 1.19 bits per heavy atom. The van der Waals surface area contributed by atoms with Gasteiger partial charge in [0.2, 0.25) is 5.91 Å². The maximum atomic E-state index is 12.3. The first-order valence-electron chi connectivity index (χ1n) is 8.15. The van der Waals surface area contributed by atoms with Crippen molar-refractivity contribution in [3.05, 3.63) is 65.2 Å². The van der Waals surface area contributed by atoms with Gasteiger partial charge in [-0.1, -0.05) is 24.3 Å². The predicted molar refractivity (Wildman–Crippen MR) is 97.6 cm³/mol. The molecule has 0 saturated carbocycles. The Morgan fingerprint density at radius 2 is 1.92 bits per heavy atom. The summed E-state index contributed by atoms with van der Waals surface area (Å²) >= 11 is 0. The number of carbonyl (C=O) groups is 2. The van der Waals surface area contributed by atoms with Crippen molar-refractivity contribution in [1.82, 2.24) is 10.2 Å². The summed E-state index contributed by atoms with van der Waals surface area (Å²) in [5, 5.41) is 11.8. The Kier molecular flexibility index (Phi) is 6.34. The van der Waals surface area contributed by atoms with Gasteiger partial charge < -0.3 is 15.0 Å². The second kappa shape index (κ2) is 8.67. The van der Waals surface area contributed by atoms with E-state index >= 15 is 0 Å².